The van der Waals surface area contributed by atoms with Crippen LogP contribution in [0.2, 0.25) is 0 Å². The van der Waals surface area contributed by atoms with E-state index in [0.717, 1.165) is 25.1 Å². The van der Waals surface area contributed by atoms with Crippen LogP contribution in [0.3, 0.4) is 0 Å². The van der Waals surface area contributed by atoms with Crippen molar-refractivity contribution in [1.82, 2.24) is 0 Å². The number of benzene rings is 1. The number of carbonyl (C=O) groups excluding carboxylic acids is 1. The second-order valence-corrected chi connectivity index (χ2v) is 4.67. The highest BCUT2D eigenvalue weighted by molar-refractivity contribution is 5.94. The molecule has 0 aromatic heterocycles. The van der Waals surface area contributed by atoms with Gasteiger partial charge in [-0.3, -0.25) is 4.79 Å². The molecule has 1 aromatic rings. The second kappa shape index (κ2) is 5.32. The van der Waals surface area contributed by atoms with Crippen molar-refractivity contribution in [3.05, 3.63) is 29.8 Å². The topological polar surface area (TPSA) is 46.3 Å². The zero-order valence-corrected chi connectivity index (χ0v) is 10.4. The monoisotopic (exact) mass is 232 g/mol. The van der Waals surface area contributed by atoms with Gasteiger partial charge in [0, 0.05) is 23.8 Å². The molecule has 1 atom stereocenters. The first-order chi connectivity index (χ1) is 8.22. The van der Waals surface area contributed by atoms with E-state index in [4.69, 9.17) is 5.73 Å². The molecule has 1 fully saturated rings. The Morgan fingerprint density at radius 1 is 1.41 bits per heavy atom. The average Bonchev–Trinajstić information content (AvgIpc) is 2.78. The summed E-state index contributed by atoms with van der Waals surface area (Å²) >= 11 is 0. The molecule has 92 valence electrons. The maximum atomic E-state index is 11.2. The predicted octanol–water partition coefficient (Wildman–Crippen LogP) is 2.21. The smallest absolute Gasteiger partial charge is 0.159 e. The lowest BCUT2D eigenvalue weighted by molar-refractivity contribution is 0.101. The summed E-state index contributed by atoms with van der Waals surface area (Å²) in [5, 5.41) is 0. The molecule has 1 aliphatic rings. The molecule has 1 unspecified atom stereocenters. The van der Waals surface area contributed by atoms with Crippen molar-refractivity contribution < 1.29 is 4.79 Å². The minimum absolute atomic E-state index is 0.122. The standard InChI is InChI=1S/C14H20N2O/c1-11(17)12-4-6-14(7-5-12)16-10-2-3-13(16)8-9-15/h4-7,13H,2-3,8-10,15H2,1H3. The Bertz CT molecular complexity index is 386. The number of nitrogens with two attached hydrogens (primary N) is 1. The van der Waals surface area contributed by atoms with E-state index in [2.05, 4.69) is 4.90 Å². The molecule has 1 aromatic carbocycles. The Hall–Kier alpha value is -1.35. The fourth-order valence-corrected chi connectivity index (χ4v) is 2.56. The van der Waals surface area contributed by atoms with Crippen molar-refractivity contribution in [2.24, 2.45) is 5.73 Å². The number of Topliss-reactive ketones (excluding diaryl/α,β-unsaturated/α-hetero) is 1. The summed E-state index contributed by atoms with van der Waals surface area (Å²) < 4.78 is 0. The van der Waals surface area contributed by atoms with Gasteiger partial charge in [-0.05, 0) is 57.0 Å². The van der Waals surface area contributed by atoms with Crippen LogP contribution in [0.15, 0.2) is 24.3 Å². The molecule has 0 aliphatic carbocycles. The third kappa shape index (κ3) is 2.67. The van der Waals surface area contributed by atoms with Gasteiger partial charge >= 0.3 is 0 Å². The summed E-state index contributed by atoms with van der Waals surface area (Å²) in [6.07, 6.45) is 3.51. The summed E-state index contributed by atoms with van der Waals surface area (Å²) in [4.78, 5) is 13.6. The Labute approximate surface area is 103 Å². The molecule has 0 saturated carbocycles. The first-order valence-electron chi connectivity index (χ1n) is 6.30. The van der Waals surface area contributed by atoms with Crippen LogP contribution in [0.4, 0.5) is 5.69 Å². The van der Waals surface area contributed by atoms with Gasteiger partial charge in [0.15, 0.2) is 5.78 Å². The van der Waals surface area contributed by atoms with Gasteiger partial charge in [-0.2, -0.15) is 0 Å². The number of hydrogen-bond acceptors (Lipinski definition) is 3. The number of hydrogen-bond donors (Lipinski definition) is 1. The van der Waals surface area contributed by atoms with Crippen LogP contribution in [0, 0.1) is 0 Å². The van der Waals surface area contributed by atoms with Crippen molar-refractivity contribution >= 4 is 11.5 Å². The Morgan fingerprint density at radius 3 is 2.71 bits per heavy atom. The molecule has 17 heavy (non-hydrogen) atoms. The maximum Gasteiger partial charge on any atom is 0.159 e. The normalized spacial score (nSPS) is 19.6. The van der Waals surface area contributed by atoms with Crippen LogP contribution in [-0.2, 0) is 0 Å². The summed E-state index contributed by atoms with van der Waals surface area (Å²) in [7, 11) is 0. The first kappa shape index (κ1) is 12.1. The van der Waals surface area contributed by atoms with Crippen LogP contribution in [0.5, 0.6) is 0 Å². The molecular weight excluding hydrogens is 212 g/mol. The van der Waals surface area contributed by atoms with E-state index < -0.39 is 0 Å². The van der Waals surface area contributed by atoms with Gasteiger partial charge in [-0.15, -0.1) is 0 Å². The third-order valence-corrected chi connectivity index (χ3v) is 3.48. The van der Waals surface area contributed by atoms with Gasteiger partial charge in [0.05, 0.1) is 0 Å². The molecular formula is C14H20N2O. The van der Waals surface area contributed by atoms with Crippen LogP contribution < -0.4 is 10.6 Å². The second-order valence-electron chi connectivity index (χ2n) is 4.67. The first-order valence-corrected chi connectivity index (χ1v) is 6.30. The summed E-state index contributed by atoms with van der Waals surface area (Å²) in [5.41, 5.74) is 7.64. The highest BCUT2D eigenvalue weighted by Gasteiger charge is 2.23. The van der Waals surface area contributed by atoms with Gasteiger partial charge in [-0.25, -0.2) is 0 Å². The zero-order valence-electron chi connectivity index (χ0n) is 10.4. The average molecular weight is 232 g/mol. The molecule has 0 bridgehead atoms. The van der Waals surface area contributed by atoms with Crippen molar-refractivity contribution in [1.29, 1.82) is 0 Å². The number of rotatable bonds is 4. The van der Waals surface area contributed by atoms with Crippen molar-refractivity contribution in [2.45, 2.75) is 32.2 Å². The third-order valence-electron chi connectivity index (χ3n) is 3.48. The molecule has 1 aliphatic heterocycles. The molecule has 0 spiro atoms. The zero-order chi connectivity index (χ0) is 12.3. The van der Waals surface area contributed by atoms with Crippen molar-refractivity contribution in [3.63, 3.8) is 0 Å². The minimum atomic E-state index is 0.122. The van der Waals surface area contributed by atoms with E-state index in [-0.39, 0.29) is 5.78 Å². The van der Waals surface area contributed by atoms with Crippen LogP contribution in [0.1, 0.15) is 36.5 Å². The molecule has 0 amide bonds. The fourth-order valence-electron chi connectivity index (χ4n) is 2.56. The summed E-state index contributed by atoms with van der Waals surface area (Å²) in [6, 6.07) is 8.49. The van der Waals surface area contributed by atoms with Crippen LogP contribution in [0.25, 0.3) is 0 Å². The Kier molecular flexibility index (Phi) is 3.79. The van der Waals surface area contributed by atoms with Crippen molar-refractivity contribution in [2.75, 3.05) is 18.0 Å². The molecule has 1 saturated heterocycles. The van der Waals surface area contributed by atoms with Gasteiger partial charge in [0.25, 0.3) is 0 Å². The minimum Gasteiger partial charge on any atom is -0.368 e. The number of anilines is 1. The molecule has 2 N–H and O–H groups in total. The SMILES string of the molecule is CC(=O)c1ccc(N2CCCC2CCN)cc1. The molecule has 1 heterocycles. The van der Waals surface area contributed by atoms with Crippen molar-refractivity contribution in [3.8, 4) is 0 Å². The summed E-state index contributed by atoms with van der Waals surface area (Å²) in [5.74, 6) is 0.122. The molecule has 3 heteroatoms. The lowest BCUT2D eigenvalue weighted by atomic mass is 10.1. The Morgan fingerprint density at radius 2 is 2.12 bits per heavy atom. The van der Waals surface area contributed by atoms with E-state index >= 15 is 0 Å². The van der Waals surface area contributed by atoms with Gasteiger partial charge < -0.3 is 10.6 Å². The lowest BCUT2D eigenvalue weighted by Gasteiger charge is -2.26. The fraction of sp³-hybridized carbons (Fsp3) is 0.500. The maximum absolute atomic E-state index is 11.2. The van der Waals surface area contributed by atoms with E-state index in [1.165, 1.54) is 18.5 Å². The number of nitrogens with zero attached hydrogens (tertiary/aromatic N) is 1. The number of carbonyl (C=O) groups is 1. The van der Waals surface area contributed by atoms with E-state index in [1.54, 1.807) is 6.92 Å². The van der Waals surface area contributed by atoms with E-state index in [0.29, 0.717) is 6.04 Å². The lowest BCUT2D eigenvalue weighted by Crippen LogP contribution is -2.31. The van der Waals surface area contributed by atoms with Gasteiger partial charge in [-0.1, -0.05) is 0 Å². The van der Waals surface area contributed by atoms with Crippen LogP contribution >= 0.6 is 0 Å². The van der Waals surface area contributed by atoms with Gasteiger partial charge in [0.1, 0.15) is 0 Å². The molecule has 3 nitrogen and oxygen atoms in total. The Balaban J connectivity index is 2.13. The van der Waals surface area contributed by atoms with E-state index in [9.17, 15) is 4.79 Å². The molecule has 0 radical (unpaired) electrons. The molecule has 2 rings (SSSR count). The highest BCUT2D eigenvalue weighted by atomic mass is 16.1. The predicted molar refractivity (Wildman–Crippen MR) is 70.5 cm³/mol. The van der Waals surface area contributed by atoms with E-state index in [1.807, 2.05) is 24.3 Å². The largest absolute Gasteiger partial charge is 0.368 e. The van der Waals surface area contributed by atoms with Crippen LogP contribution in [-0.4, -0.2) is 24.9 Å². The highest BCUT2D eigenvalue weighted by Crippen LogP contribution is 2.27. The quantitative estimate of drug-likeness (QED) is 0.810. The summed E-state index contributed by atoms with van der Waals surface area (Å²) in [6.45, 7) is 3.44. The number of ketones is 1. The van der Waals surface area contributed by atoms with Gasteiger partial charge in [0.2, 0.25) is 0 Å².